The van der Waals surface area contributed by atoms with Gasteiger partial charge in [0.1, 0.15) is 0 Å². The fourth-order valence-electron chi connectivity index (χ4n) is 1.79. The van der Waals surface area contributed by atoms with Crippen molar-refractivity contribution < 1.29 is 19.8 Å². The summed E-state index contributed by atoms with van der Waals surface area (Å²) in [7, 11) is 0. The van der Waals surface area contributed by atoms with Crippen molar-refractivity contribution in [3.63, 3.8) is 0 Å². The zero-order valence-electron chi connectivity index (χ0n) is 13.3. The van der Waals surface area contributed by atoms with E-state index in [2.05, 4.69) is 0 Å². The third-order valence-corrected chi connectivity index (χ3v) is 5.83. The third-order valence-electron chi connectivity index (χ3n) is 3.65. The van der Waals surface area contributed by atoms with Gasteiger partial charge in [0.2, 0.25) is 10.2 Å². The number of thioether (sulfide) groups is 2. The molecule has 2 N–H and O–H groups in total. The van der Waals surface area contributed by atoms with Crippen LogP contribution in [0, 0.1) is 0 Å². The quantitative estimate of drug-likeness (QED) is 0.796. The lowest BCUT2D eigenvalue weighted by Crippen LogP contribution is -2.58. The highest BCUT2D eigenvalue weighted by molar-refractivity contribution is 8.14. The SMILES string of the molecule is CC(O)(C(=O)Sc1ccccc1)C(C)(O)C(=O)Sc1ccccc1. The number of carbonyl (C=O) groups is 2. The highest BCUT2D eigenvalue weighted by Gasteiger charge is 2.53. The molecule has 6 heteroatoms. The molecule has 126 valence electrons. The molecule has 0 saturated carbocycles. The van der Waals surface area contributed by atoms with Crippen LogP contribution in [0.4, 0.5) is 0 Å². The van der Waals surface area contributed by atoms with Crippen LogP contribution in [0.5, 0.6) is 0 Å². The lowest BCUT2D eigenvalue weighted by atomic mass is 9.88. The molecule has 0 radical (unpaired) electrons. The van der Waals surface area contributed by atoms with Crippen molar-refractivity contribution in [3.8, 4) is 0 Å². The summed E-state index contributed by atoms with van der Waals surface area (Å²) in [6.45, 7) is 2.32. The normalized spacial score (nSPS) is 16.0. The summed E-state index contributed by atoms with van der Waals surface area (Å²) in [5.74, 6) is 0. The lowest BCUT2D eigenvalue weighted by Gasteiger charge is -2.34. The average molecular weight is 362 g/mol. The molecule has 0 saturated heterocycles. The highest BCUT2D eigenvalue weighted by atomic mass is 32.2. The molecule has 0 aromatic heterocycles. The first-order valence-corrected chi connectivity index (χ1v) is 8.88. The van der Waals surface area contributed by atoms with Crippen molar-refractivity contribution in [2.24, 2.45) is 0 Å². The van der Waals surface area contributed by atoms with Crippen molar-refractivity contribution in [2.45, 2.75) is 34.8 Å². The molecule has 2 aromatic rings. The first-order chi connectivity index (χ1) is 11.2. The molecule has 0 aliphatic rings. The Hall–Kier alpha value is -1.60. The van der Waals surface area contributed by atoms with E-state index in [9.17, 15) is 19.8 Å². The van der Waals surface area contributed by atoms with Gasteiger partial charge < -0.3 is 10.2 Å². The molecule has 0 amide bonds. The Labute approximate surface area is 149 Å². The van der Waals surface area contributed by atoms with Gasteiger partial charge in [0, 0.05) is 9.79 Å². The molecule has 0 fully saturated rings. The van der Waals surface area contributed by atoms with Crippen LogP contribution in [-0.4, -0.2) is 31.6 Å². The molecular formula is C18H18O4S2. The minimum absolute atomic E-state index is 0.627. The van der Waals surface area contributed by atoms with Gasteiger partial charge in [-0.05, 0) is 61.6 Å². The van der Waals surface area contributed by atoms with Crippen molar-refractivity contribution in [1.29, 1.82) is 0 Å². The second-order valence-corrected chi connectivity index (χ2v) is 7.64. The lowest BCUT2D eigenvalue weighted by molar-refractivity contribution is -0.163. The molecular weight excluding hydrogens is 344 g/mol. The first kappa shape index (κ1) is 18.7. The van der Waals surface area contributed by atoms with Crippen LogP contribution in [0.15, 0.2) is 70.5 Å². The summed E-state index contributed by atoms with van der Waals surface area (Å²) < 4.78 is 0. The van der Waals surface area contributed by atoms with Gasteiger partial charge in [-0.15, -0.1) is 0 Å². The summed E-state index contributed by atoms with van der Waals surface area (Å²) >= 11 is 1.58. The summed E-state index contributed by atoms with van der Waals surface area (Å²) in [4.78, 5) is 26.1. The van der Waals surface area contributed by atoms with Crippen LogP contribution in [-0.2, 0) is 9.59 Å². The van der Waals surface area contributed by atoms with E-state index in [1.54, 1.807) is 48.5 Å². The van der Waals surface area contributed by atoms with Crippen LogP contribution in [0.25, 0.3) is 0 Å². The molecule has 2 aromatic carbocycles. The molecule has 0 heterocycles. The van der Waals surface area contributed by atoms with E-state index < -0.39 is 21.4 Å². The number of benzene rings is 2. The predicted molar refractivity (Wildman–Crippen MR) is 95.9 cm³/mol. The monoisotopic (exact) mass is 362 g/mol. The topological polar surface area (TPSA) is 74.6 Å². The maximum Gasteiger partial charge on any atom is 0.228 e. The van der Waals surface area contributed by atoms with Crippen molar-refractivity contribution >= 4 is 33.8 Å². The molecule has 4 nitrogen and oxygen atoms in total. The number of carbonyl (C=O) groups excluding carboxylic acids is 2. The van der Waals surface area contributed by atoms with Crippen molar-refractivity contribution in [2.75, 3.05) is 0 Å². The van der Waals surface area contributed by atoms with E-state index >= 15 is 0 Å². The summed E-state index contributed by atoms with van der Waals surface area (Å²) in [6, 6.07) is 17.5. The zero-order valence-corrected chi connectivity index (χ0v) is 14.9. The third kappa shape index (κ3) is 4.08. The van der Waals surface area contributed by atoms with Gasteiger partial charge >= 0.3 is 0 Å². The van der Waals surface area contributed by atoms with Gasteiger partial charge in [-0.3, -0.25) is 9.59 Å². The molecule has 24 heavy (non-hydrogen) atoms. The first-order valence-electron chi connectivity index (χ1n) is 7.24. The van der Waals surface area contributed by atoms with Crippen LogP contribution in [0.1, 0.15) is 13.8 Å². The van der Waals surface area contributed by atoms with Gasteiger partial charge in [-0.1, -0.05) is 36.4 Å². The molecule has 0 bridgehead atoms. The molecule has 0 aliphatic heterocycles. The van der Waals surface area contributed by atoms with Crippen LogP contribution in [0.2, 0.25) is 0 Å². The van der Waals surface area contributed by atoms with Crippen LogP contribution in [0.3, 0.4) is 0 Å². The smallest absolute Gasteiger partial charge is 0.228 e. The van der Waals surface area contributed by atoms with E-state index in [0.29, 0.717) is 9.79 Å². The van der Waals surface area contributed by atoms with Crippen molar-refractivity contribution in [3.05, 3.63) is 60.7 Å². The summed E-state index contributed by atoms with van der Waals surface area (Å²) in [6.07, 6.45) is 0. The maximum absolute atomic E-state index is 12.4. The maximum atomic E-state index is 12.4. The standard InChI is InChI=1S/C18H18O4S2/c1-17(21,15(19)23-13-9-5-3-6-10-13)18(2,22)16(20)24-14-11-7-4-8-12-14/h3-12,21-22H,1-2H3. The average Bonchev–Trinajstić information content (AvgIpc) is 2.56. The highest BCUT2D eigenvalue weighted by Crippen LogP contribution is 2.36. The Balaban J connectivity index is 2.15. The van der Waals surface area contributed by atoms with E-state index in [1.165, 1.54) is 0 Å². The van der Waals surface area contributed by atoms with Gasteiger partial charge in [0.25, 0.3) is 0 Å². The molecule has 0 spiro atoms. The van der Waals surface area contributed by atoms with Gasteiger partial charge in [-0.25, -0.2) is 0 Å². The van der Waals surface area contributed by atoms with Crippen LogP contribution < -0.4 is 0 Å². The molecule has 0 aliphatic carbocycles. The van der Waals surface area contributed by atoms with Gasteiger partial charge in [0.15, 0.2) is 11.2 Å². The van der Waals surface area contributed by atoms with E-state index in [-0.39, 0.29) is 0 Å². The Morgan fingerprint density at radius 1 is 0.708 bits per heavy atom. The predicted octanol–water partition coefficient (Wildman–Crippen LogP) is 3.13. The largest absolute Gasteiger partial charge is 0.378 e. The van der Waals surface area contributed by atoms with E-state index in [4.69, 9.17) is 0 Å². The number of aliphatic hydroxyl groups is 2. The molecule has 2 rings (SSSR count). The Kier molecular flexibility index (Phi) is 5.87. The van der Waals surface area contributed by atoms with E-state index in [1.807, 2.05) is 12.1 Å². The second-order valence-electron chi connectivity index (χ2n) is 5.55. The zero-order chi connectivity index (χ0) is 17.8. The molecule has 2 atom stereocenters. The second kappa shape index (κ2) is 7.53. The number of rotatable bonds is 5. The van der Waals surface area contributed by atoms with Gasteiger partial charge in [-0.2, -0.15) is 0 Å². The Morgan fingerprint density at radius 2 is 1.00 bits per heavy atom. The van der Waals surface area contributed by atoms with Crippen LogP contribution >= 0.6 is 23.5 Å². The van der Waals surface area contributed by atoms with Crippen molar-refractivity contribution in [1.82, 2.24) is 0 Å². The number of hydrogen-bond acceptors (Lipinski definition) is 6. The minimum atomic E-state index is -2.23. The Bertz CT molecular complexity index is 649. The van der Waals surface area contributed by atoms with Gasteiger partial charge in [0.05, 0.1) is 0 Å². The number of hydrogen-bond donors (Lipinski definition) is 2. The summed E-state index contributed by atoms with van der Waals surface area (Å²) in [5, 5.41) is 19.7. The molecule has 2 unspecified atom stereocenters. The minimum Gasteiger partial charge on any atom is -0.378 e. The fraction of sp³-hybridized carbons (Fsp3) is 0.222. The fourth-order valence-corrected chi connectivity index (χ4v) is 3.60. The Morgan fingerprint density at radius 3 is 1.29 bits per heavy atom. The van der Waals surface area contributed by atoms with E-state index in [0.717, 1.165) is 37.4 Å². The summed E-state index contributed by atoms with van der Waals surface area (Å²) in [5.41, 5.74) is -4.46.